The van der Waals surface area contributed by atoms with Crippen LogP contribution in [0.5, 0.6) is 5.75 Å². The van der Waals surface area contributed by atoms with Crippen LogP contribution in [-0.4, -0.2) is 14.5 Å². The van der Waals surface area contributed by atoms with Gasteiger partial charge in [0.1, 0.15) is 16.7 Å². The largest absolute Gasteiger partial charge is 0.485 e. The number of hydrogen-bond donors (Lipinski definition) is 0. The summed E-state index contributed by atoms with van der Waals surface area (Å²) in [5, 5.41) is 0.0676. The molecule has 1 unspecified atom stereocenters. The molecule has 17 heavy (non-hydrogen) atoms. The Bertz CT molecular complexity index is 540. The second kappa shape index (κ2) is 5.48. The van der Waals surface area contributed by atoms with Gasteiger partial charge in [-0.25, -0.2) is 8.42 Å². The molecule has 0 saturated carbocycles. The molecule has 0 bridgehead atoms. The van der Waals surface area contributed by atoms with E-state index in [1.807, 2.05) is 0 Å². The van der Waals surface area contributed by atoms with Crippen LogP contribution in [-0.2, 0) is 9.05 Å². The Morgan fingerprint density at radius 2 is 1.94 bits per heavy atom. The second-order valence-electron chi connectivity index (χ2n) is 3.21. The van der Waals surface area contributed by atoms with E-state index in [1.54, 1.807) is 13.0 Å². The summed E-state index contributed by atoms with van der Waals surface area (Å²) in [6, 6.07) is 2.45. The summed E-state index contributed by atoms with van der Waals surface area (Å²) in [6.45, 7) is 5.30. The first kappa shape index (κ1) is 14.6. The lowest BCUT2D eigenvalue weighted by atomic mass is 10.3. The minimum Gasteiger partial charge on any atom is -0.485 e. The van der Waals surface area contributed by atoms with E-state index in [2.05, 4.69) is 6.58 Å². The highest BCUT2D eigenvalue weighted by Crippen LogP contribution is 2.35. The zero-order chi connectivity index (χ0) is 13.2. The molecule has 0 aliphatic rings. The minimum absolute atomic E-state index is 0.0457. The quantitative estimate of drug-likeness (QED) is 0.625. The molecule has 1 aromatic rings. The molecule has 0 N–H and O–H groups in total. The van der Waals surface area contributed by atoms with Gasteiger partial charge >= 0.3 is 0 Å². The lowest BCUT2D eigenvalue weighted by Gasteiger charge is -2.13. The first-order valence-corrected chi connectivity index (χ1v) is 7.55. The fourth-order valence-corrected chi connectivity index (χ4v) is 2.82. The summed E-state index contributed by atoms with van der Waals surface area (Å²) in [4.78, 5) is -0.246. The fourth-order valence-electron chi connectivity index (χ4n) is 1.04. The summed E-state index contributed by atoms with van der Waals surface area (Å²) < 4.78 is 27.7. The van der Waals surface area contributed by atoms with Gasteiger partial charge in [0.15, 0.2) is 0 Å². The Morgan fingerprint density at radius 1 is 1.35 bits per heavy atom. The maximum atomic E-state index is 11.2. The average molecular weight is 316 g/mol. The van der Waals surface area contributed by atoms with Gasteiger partial charge in [-0.3, -0.25) is 0 Å². The van der Waals surface area contributed by atoms with Crippen LogP contribution in [0.15, 0.2) is 29.7 Å². The molecule has 7 heteroatoms. The Balaban J connectivity index is 3.23. The van der Waals surface area contributed by atoms with E-state index in [1.165, 1.54) is 6.07 Å². The molecule has 0 aliphatic heterocycles. The van der Waals surface area contributed by atoms with Gasteiger partial charge in [-0.05, 0) is 13.0 Å². The topological polar surface area (TPSA) is 43.4 Å². The lowest BCUT2D eigenvalue weighted by molar-refractivity contribution is 0.270. The van der Waals surface area contributed by atoms with Crippen molar-refractivity contribution < 1.29 is 13.2 Å². The van der Waals surface area contributed by atoms with Crippen molar-refractivity contribution in [2.45, 2.75) is 17.9 Å². The molecule has 3 nitrogen and oxygen atoms in total. The van der Waals surface area contributed by atoms with E-state index in [0.29, 0.717) is 0 Å². The number of rotatable bonds is 4. The van der Waals surface area contributed by atoms with Gasteiger partial charge in [0.05, 0.1) is 10.0 Å². The highest BCUT2D eigenvalue weighted by molar-refractivity contribution is 8.13. The van der Waals surface area contributed by atoms with Crippen LogP contribution >= 0.6 is 33.9 Å². The van der Waals surface area contributed by atoms with Crippen LogP contribution in [0, 0.1) is 0 Å². The first-order chi connectivity index (χ1) is 7.75. The highest BCUT2D eigenvalue weighted by Gasteiger charge is 2.18. The van der Waals surface area contributed by atoms with Crippen molar-refractivity contribution in [1.29, 1.82) is 0 Å². The predicted molar refractivity (Wildman–Crippen MR) is 69.8 cm³/mol. The molecule has 0 aliphatic carbocycles. The highest BCUT2D eigenvalue weighted by atomic mass is 35.7. The van der Waals surface area contributed by atoms with E-state index >= 15 is 0 Å². The molecule has 0 amide bonds. The second-order valence-corrected chi connectivity index (χ2v) is 6.56. The van der Waals surface area contributed by atoms with Gasteiger partial charge in [-0.15, -0.1) is 0 Å². The standard InChI is InChI=1S/C10H9Cl3O3S/c1-3-6(2)16-9-4-8(12)10(5-7(9)11)17(13,14)15/h3-6H,1H2,2H3. The summed E-state index contributed by atoms with van der Waals surface area (Å²) >= 11 is 11.7. The SMILES string of the molecule is C=CC(C)Oc1cc(Cl)c(S(=O)(=O)Cl)cc1Cl. The Hall–Kier alpha value is -0.420. The molecule has 1 rings (SSSR count). The van der Waals surface area contributed by atoms with Crippen molar-refractivity contribution in [3.05, 3.63) is 34.8 Å². The number of benzene rings is 1. The van der Waals surface area contributed by atoms with Gasteiger partial charge in [-0.2, -0.15) is 0 Å². The van der Waals surface area contributed by atoms with E-state index in [9.17, 15) is 8.42 Å². The molecule has 0 aromatic heterocycles. The van der Waals surface area contributed by atoms with Crippen molar-refractivity contribution in [3.63, 3.8) is 0 Å². The third kappa shape index (κ3) is 3.78. The van der Waals surface area contributed by atoms with Crippen LogP contribution in [0.4, 0.5) is 0 Å². The van der Waals surface area contributed by atoms with Crippen molar-refractivity contribution >= 4 is 42.9 Å². The number of halogens is 3. The Labute approximate surface area is 114 Å². The molecule has 0 fully saturated rings. The normalized spacial score (nSPS) is 13.2. The van der Waals surface area contributed by atoms with Gasteiger partial charge in [0.2, 0.25) is 0 Å². The Kier molecular flexibility index (Phi) is 4.72. The maximum Gasteiger partial charge on any atom is 0.262 e. The predicted octanol–water partition coefficient (Wildman–Crippen LogP) is 3.87. The first-order valence-electron chi connectivity index (χ1n) is 4.48. The molecular formula is C10H9Cl3O3S. The van der Waals surface area contributed by atoms with Gasteiger partial charge in [0, 0.05) is 16.7 Å². The molecule has 0 heterocycles. The van der Waals surface area contributed by atoms with Crippen molar-refractivity contribution in [1.82, 2.24) is 0 Å². The van der Waals surface area contributed by atoms with Crippen LogP contribution in [0.25, 0.3) is 0 Å². The molecule has 0 radical (unpaired) electrons. The lowest BCUT2D eigenvalue weighted by Crippen LogP contribution is -2.08. The van der Waals surface area contributed by atoms with E-state index in [4.69, 9.17) is 38.6 Å². The van der Waals surface area contributed by atoms with Crippen molar-refractivity contribution in [2.75, 3.05) is 0 Å². The Morgan fingerprint density at radius 3 is 2.41 bits per heavy atom. The zero-order valence-corrected chi connectivity index (χ0v) is 11.9. The molecule has 1 aromatic carbocycles. The minimum atomic E-state index is -3.93. The fraction of sp³-hybridized carbons (Fsp3) is 0.200. The smallest absolute Gasteiger partial charge is 0.262 e. The van der Waals surface area contributed by atoms with Crippen LogP contribution in [0.3, 0.4) is 0 Å². The maximum absolute atomic E-state index is 11.2. The van der Waals surface area contributed by atoms with Crippen LogP contribution in [0.2, 0.25) is 10.0 Å². The molecule has 1 atom stereocenters. The van der Waals surface area contributed by atoms with Crippen LogP contribution in [0.1, 0.15) is 6.92 Å². The number of ether oxygens (including phenoxy) is 1. The molecule has 0 spiro atoms. The molecular weight excluding hydrogens is 307 g/mol. The van der Waals surface area contributed by atoms with Crippen LogP contribution < -0.4 is 4.74 Å². The van der Waals surface area contributed by atoms with Gasteiger partial charge < -0.3 is 4.74 Å². The molecule has 0 saturated heterocycles. The average Bonchev–Trinajstić information content (AvgIpc) is 2.21. The van der Waals surface area contributed by atoms with Crippen molar-refractivity contribution in [3.8, 4) is 5.75 Å². The van der Waals surface area contributed by atoms with Gasteiger partial charge in [-0.1, -0.05) is 35.9 Å². The third-order valence-corrected chi connectivity index (χ3v) is 3.98. The monoisotopic (exact) mass is 314 g/mol. The molecule has 94 valence electrons. The van der Waals surface area contributed by atoms with Crippen molar-refractivity contribution in [2.24, 2.45) is 0 Å². The summed E-state index contributed by atoms with van der Waals surface area (Å²) in [7, 11) is 1.27. The summed E-state index contributed by atoms with van der Waals surface area (Å²) in [6.07, 6.45) is 1.29. The summed E-state index contributed by atoms with van der Waals surface area (Å²) in [5.74, 6) is 0.271. The van der Waals surface area contributed by atoms with E-state index in [0.717, 1.165) is 6.07 Å². The van der Waals surface area contributed by atoms with Gasteiger partial charge in [0.25, 0.3) is 9.05 Å². The van der Waals surface area contributed by atoms with E-state index < -0.39 is 9.05 Å². The number of hydrogen-bond acceptors (Lipinski definition) is 3. The zero-order valence-electron chi connectivity index (χ0n) is 8.78. The summed E-state index contributed by atoms with van der Waals surface area (Å²) in [5.41, 5.74) is 0. The third-order valence-electron chi connectivity index (χ3n) is 1.89. The van der Waals surface area contributed by atoms with E-state index in [-0.39, 0.29) is 26.8 Å².